The molecule has 0 atom stereocenters. The van der Waals surface area contributed by atoms with E-state index in [1.807, 2.05) is 18.2 Å². The summed E-state index contributed by atoms with van der Waals surface area (Å²) in [5.41, 5.74) is 7.52. The Morgan fingerprint density at radius 1 is 1.10 bits per heavy atom. The normalized spacial score (nSPS) is 10.6. The molecule has 5 nitrogen and oxygen atoms in total. The summed E-state index contributed by atoms with van der Waals surface area (Å²) in [6.45, 7) is 5.92. The highest BCUT2D eigenvalue weighted by Crippen LogP contribution is 2.32. The first-order valence-corrected chi connectivity index (χ1v) is 7.42. The van der Waals surface area contributed by atoms with Crippen molar-refractivity contribution < 1.29 is 9.47 Å². The maximum Gasteiger partial charge on any atom is 0.161 e. The van der Waals surface area contributed by atoms with Crippen molar-refractivity contribution >= 4 is 0 Å². The van der Waals surface area contributed by atoms with Crippen LogP contribution in [0.2, 0.25) is 0 Å². The lowest BCUT2D eigenvalue weighted by Gasteiger charge is -2.13. The average molecular weight is 289 g/mol. The molecule has 0 amide bonds. The second-order valence-electron chi connectivity index (χ2n) is 4.81. The molecule has 0 saturated heterocycles. The molecule has 114 valence electrons. The highest BCUT2D eigenvalue weighted by atomic mass is 16.5. The number of hydrogen-bond acceptors (Lipinski definition) is 4. The molecule has 21 heavy (non-hydrogen) atoms. The zero-order valence-electron chi connectivity index (χ0n) is 12.7. The lowest BCUT2D eigenvalue weighted by molar-refractivity contribution is 0.268. The van der Waals surface area contributed by atoms with E-state index >= 15 is 0 Å². The van der Waals surface area contributed by atoms with Gasteiger partial charge in [-0.05, 0) is 31.0 Å². The number of ether oxygens (including phenoxy) is 2. The van der Waals surface area contributed by atoms with Gasteiger partial charge >= 0.3 is 0 Å². The van der Waals surface area contributed by atoms with E-state index in [-0.39, 0.29) is 0 Å². The van der Waals surface area contributed by atoms with Crippen LogP contribution in [0, 0.1) is 0 Å². The van der Waals surface area contributed by atoms with Crippen LogP contribution in [-0.4, -0.2) is 23.2 Å². The summed E-state index contributed by atoms with van der Waals surface area (Å²) in [6, 6.07) is 5.92. The van der Waals surface area contributed by atoms with Crippen molar-refractivity contribution in [1.29, 1.82) is 0 Å². The summed E-state index contributed by atoms with van der Waals surface area (Å²) in [5.74, 6) is 2.33. The molecule has 1 aromatic heterocycles. The molecular weight excluding hydrogens is 266 g/mol. The fourth-order valence-corrected chi connectivity index (χ4v) is 1.94. The monoisotopic (exact) mass is 289 g/mol. The van der Waals surface area contributed by atoms with Crippen molar-refractivity contribution in [1.82, 2.24) is 9.97 Å². The van der Waals surface area contributed by atoms with E-state index in [4.69, 9.17) is 15.2 Å². The lowest BCUT2D eigenvalue weighted by atomic mass is 10.1. The topological polar surface area (TPSA) is 73.2 Å². The van der Waals surface area contributed by atoms with Crippen molar-refractivity contribution in [3.8, 4) is 22.8 Å². The standard InChI is InChI=1S/C16H23N3O2/c1-3-7-20-14-6-5-12(9-15(14)21-8-4-2)13-11-18-16(10-17)19-13/h5-6,9,11H,3-4,7-8,10,17H2,1-2H3,(H,18,19). The van der Waals surface area contributed by atoms with Gasteiger partial charge in [-0.25, -0.2) is 4.98 Å². The molecule has 0 bridgehead atoms. The van der Waals surface area contributed by atoms with E-state index < -0.39 is 0 Å². The van der Waals surface area contributed by atoms with Gasteiger partial charge in [0, 0.05) is 5.56 Å². The van der Waals surface area contributed by atoms with Gasteiger partial charge in [0.2, 0.25) is 0 Å². The third-order valence-corrected chi connectivity index (χ3v) is 3.00. The summed E-state index contributed by atoms with van der Waals surface area (Å²) in [4.78, 5) is 7.41. The minimum Gasteiger partial charge on any atom is -0.490 e. The first kappa shape index (κ1) is 15.4. The Bertz CT molecular complexity index is 566. The van der Waals surface area contributed by atoms with Crippen LogP contribution in [-0.2, 0) is 6.54 Å². The van der Waals surface area contributed by atoms with Crippen molar-refractivity contribution in [3.63, 3.8) is 0 Å². The fourth-order valence-electron chi connectivity index (χ4n) is 1.94. The summed E-state index contributed by atoms with van der Waals surface area (Å²) >= 11 is 0. The quantitative estimate of drug-likeness (QED) is 0.783. The van der Waals surface area contributed by atoms with Crippen molar-refractivity contribution in [3.05, 3.63) is 30.2 Å². The van der Waals surface area contributed by atoms with Crippen LogP contribution in [0.5, 0.6) is 11.5 Å². The van der Waals surface area contributed by atoms with Crippen molar-refractivity contribution in [2.45, 2.75) is 33.2 Å². The second kappa shape index (κ2) is 7.69. The molecule has 0 radical (unpaired) electrons. The SMILES string of the molecule is CCCOc1ccc(-c2cnc(CN)[nH]2)cc1OCCC. The molecule has 3 N–H and O–H groups in total. The Balaban J connectivity index is 2.26. The number of aromatic nitrogens is 2. The molecule has 0 aliphatic rings. The molecule has 1 heterocycles. The number of nitrogens with zero attached hydrogens (tertiary/aromatic N) is 1. The smallest absolute Gasteiger partial charge is 0.161 e. The van der Waals surface area contributed by atoms with E-state index in [1.165, 1.54) is 0 Å². The summed E-state index contributed by atoms with van der Waals surface area (Å²) in [5, 5.41) is 0. The van der Waals surface area contributed by atoms with Gasteiger partial charge in [0.15, 0.2) is 11.5 Å². The van der Waals surface area contributed by atoms with Crippen LogP contribution in [0.25, 0.3) is 11.3 Å². The molecule has 0 aliphatic carbocycles. The van der Waals surface area contributed by atoms with Gasteiger partial charge in [-0.15, -0.1) is 0 Å². The van der Waals surface area contributed by atoms with Crippen LogP contribution >= 0.6 is 0 Å². The van der Waals surface area contributed by atoms with Gasteiger partial charge in [0.05, 0.1) is 31.6 Å². The number of rotatable bonds is 8. The van der Waals surface area contributed by atoms with Gasteiger partial charge in [-0.1, -0.05) is 13.8 Å². The highest BCUT2D eigenvalue weighted by molar-refractivity contribution is 5.63. The third-order valence-electron chi connectivity index (χ3n) is 3.00. The lowest BCUT2D eigenvalue weighted by Crippen LogP contribution is -2.01. The summed E-state index contributed by atoms with van der Waals surface area (Å²) in [6.07, 6.45) is 3.71. The summed E-state index contributed by atoms with van der Waals surface area (Å²) < 4.78 is 11.5. The Morgan fingerprint density at radius 2 is 1.81 bits per heavy atom. The first-order chi connectivity index (χ1) is 10.3. The summed E-state index contributed by atoms with van der Waals surface area (Å²) in [7, 11) is 0. The number of imidazole rings is 1. The van der Waals surface area contributed by atoms with Gasteiger partial charge < -0.3 is 20.2 Å². The number of hydrogen-bond donors (Lipinski definition) is 2. The van der Waals surface area contributed by atoms with Gasteiger partial charge in [0.1, 0.15) is 5.82 Å². The Morgan fingerprint density at radius 3 is 2.43 bits per heavy atom. The van der Waals surface area contributed by atoms with Gasteiger partial charge in [0.25, 0.3) is 0 Å². The molecule has 2 rings (SSSR count). The van der Waals surface area contributed by atoms with E-state index in [0.717, 1.165) is 41.4 Å². The van der Waals surface area contributed by atoms with Crippen LogP contribution in [0.1, 0.15) is 32.5 Å². The fraction of sp³-hybridized carbons (Fsp3) is 0.438. The van der Waals surface area contributed by atoms with E-state index in [9.17, 15) is 0 Å². The highest BCUT2D eigenvalue weighted by Gasteiger charge is 2.09. The molecule has 0 aliphatic heterocycles. The molecule has 0 fully saturated rings. The maximum absolute atomic E-state index is 5.79. The minimum atomic E-state index is 0.400. The molecule has 5 heteroatoms. The number of nitrogens with two attached hydrogens (primary N) is 1. The number of benzene rings is 1. The molecule has 0 spiro atoms. The predicted molar refractivity (Wildman–Crippen MR) is 83.5 cm³/mol. The Labute approximate surface area is 125 Å². The maximum atomic E-state index is 5.79. The number of H-pyrrole nitrogens is 1. The average Bonchev–Trinajstić information content (AvgIpc) is 3.00. The Hall–Kier alpha value is -2.01. The minimum absolute atomic E-state index is 0.400. The largest absolute Gasteiger partial charge is 0.490 e. The number of aromatic amines is 1. The zero-order valence-corrected chi connectivity index (χ0v) is 12.7. The van der Waals surface area contributed by atoms with Crippen molar-refractivity contribution in [2.75, 3.05) is 13.2 Å². The van der Waals surface area contributed by atoms with E-state index in [1.54, 1.807) is 6.20 Å². The van der Waals surface area contributed by atoms with Gasteiger partial charge in [-0.2, -0.15) is 0 Å². The van der Waals surface area contributed by atoms with Crippen LogP contribution in [0.4, 0.5) is 0 Å². The molecule has 0 saturated carbocycles. The number of nitrogens with one attached hydrogen (secondary N) is 1. The van der Waals surface area contributed by atoms with Crippen LogP contribution in [0.3, 0.4) is 0 Å². The zero-order chi connectivity index (χ0) is 15.1. The van der Waals surface area contributed by atoms with Crippen LogP contribution in [0.15, 0.2) is 24.4 Å². The van der Waals surface area contributed by atoms with E-state index in [0.29, 0.717) is 19.8 Å². The predicted octanol–water partition coefficient (Wildman–Crippen LogP) is 3.11. The van der Waals surface area contributed by atoms with Crippen LogP contribution < -0.4 is 15.2 Å². The molecular formula is C16H23N3O2. The third kappa shape index (κ3) is 3.98. The first-order valence-electron chi connectivity index (χ1n) is 7.42. The molecule has 1 aromatic carbocycles. The molecule has 0 unspecified atom stereocenters. The van der Waals surface area contributed by atoms with E-state index in [2.05, 4.69) is 23.8 Å². The van der Waals surface area contributed by atoms with Gasteiger partial charge in [-0.3, -0.25) is 0 Å². The second-order valence-corrected chi connectivity index (χ2v) is 4.81. The molecule has 2 aromatic rings. The van der Waals surface area contributed by atoms with Crippen molar-refractivity contribution in [2.24, 2.45) is 5.73 Å². The Kier molecular flexibility index (Phi) is 5.63.